The van der Waals surface area contributed by atoms with E-state index in [1.807, 2.05) is 0 Å². The zero-order valence-corrected chi connectivity index (χ0v) is 21.3. The summed E-state index contributed by atoms with van der Waals surface area (Å²) in [6.45, 7) is 0. The minimum absolute atomic E-state index is 0.118. The van der Waals surface area contributed by atoms with Gasteiger partial charge in [0.05, 0.1) is 30.4 Å². The van der Waals surface area contributed by atoms with Gasteiger partial charge in [-0.25, -0.2) is 17.8 Å². The molecule has 0 spiro atoms. The first-order valence-corrected chi connectivity index (χ1v) is 13.1. The molecule has 0 aliphatic rings. The first-order valence-electron chi connectivity index (χ1n) is 11.0. The molecule has 0 aliphatic heterocycles. The molecule has 0 aliphatic carbocycles. The molecular formula is C27H20ClFN2O5S. The molecule has 0 N–H and O–H groups in total. The summed E-state index contributed by atoms with van der Waals surface area (Å²) >= 11 is 6.66. The van der Waals surface area contributed by atoms with E-state index < -0.39 is 9.84 Å². The highest BCUT2D eigenvalue weighted by Crippen LogP contribution is 2.45. The molecule has 0 bridgehead atoms. The molecule has 2 heterocycles. The third-order valence-electron chi connectivity index (χ3n) is 5.90. The van der Waals surface area contributed by atoms with Crippen LogP contribution in [0.4, 0.5) is 4.39 Å². The lowest BCUT2D eigenvalue weighted by Gasteiger charge is -2.17. The SMILES string of the molecule is COc1cc(-c2cccc(F)c2)c(Cl)cc1-c1c(OC)ncc2cc(S(=O)(=O)Cc3ccon3)ccc12. The van der Waals surface area contributed by atoms with Gasteiger partial charge in [-0.3, -0.25) is 0 Å². The Morgan fingerprint density at radius 2 is 1.84 bits per heavy atom. The number of hydrogen-bond acceptors (Lipinski definition) is 7. The molecule has 0 saturated carbocycles. The third kappa shape index (κ3) is 4.75. The quantitative estimate of drug-likeness (QED) is 0.239. The van der Waals surface area contributed by atoms with E-state index >= 15 is 0 Å². The molecule has 3 aromatic carbocycles. The fraction of sp³-hybridized carbons (Fsp3) is 0.111. The van der Waals surface area contributed by atoms with Crippen molar-refractivity contribution in [2.45, 2.75) is 10.6 Å². The van der Waals surface area contributed by atoms with Gasteiger partial charge >= 0.3 is 0 Å². The van der Waals surface area contributed by atoms with Gasteiger partial charge in [0.2, 0.25) is 5.88 Å². The van der Waals surface area contributed by atoms with E-state index in [9.17, 15) is 12.8 Å². The van der Waals surface area contributed by atoms with Gasteiger partial charge < -0.3 is 14.0 Å². The summed E-state index contributed by atoms with van der Waals surface area (Å²) in [7, 11) is -0.680. The van der Waals surface area contributed by atoms with Gasteiger partial charge in [0.1, 0.15) is 23.6 Å². The molecule has 188 valence electrons. The van der Waals surface area contributed by atoms with E-state index in [0.717, 1.165) is 0 Å². The van der Waals surface area contributed by atoms with Crippen LogP contribution in [0.15, 0.2) is 82.5 Å². The highest BCUT2D eigenvalue weighted by molar-refractivity contribution is 7.90. The normalized spacial score (nSPS) is 11.6. The van der Waals surface area contributed by atoms with Crippen LogP contribution < -0.4 is 9.47 Å². The van der Waals surface area contributed by atoms with Gasteiger partial charge in [0.25, 0.3) is 0 Å². The summed E-state index contributed by atoms with van der Waals surface area (Å²) in [5, 5.41) is 5.32. The number of sulfone groups is 1. The van der Waals surface area contributed by atoms with Crippen LogP contribution in [-0.4, -0.2) is 32.8 Å². The van der Waals surface area contributed by atoms with E-state index in [1.54, 1.807) is 42.6 Å². The summed E-state index contributed by atoms with van der Waals surface area (Å²) in [5.41, 5.74) is 2.66. The number of halogens is 2. The molecule has 0 unspecified atom stereocenters. The lowest BCUT2D eigenvalue weighted by atomic mass is 9.96. The summed E-state index contributed by atoms with van der Waals surface area (Å²) in [6, 6.07) is 15.8. The minimum atomic E-state index is -3.69. The summed E-state index contributed by atoms with van der Waals surface area (Å²) in [6.07, 6.45) is 2.87. The Hall–Kier alpha value is -3.95. The van der Waals surface area contributed by atoms with Gasteiger partial charge in [-0.05, 0) is 47.3 Å². The van der Waals surface area contributed by atoms with Crippen molar-refractivity contribution in [3.63, 3.8) is 0 Å². The van der Waals surface area contributed by atoms with Crippen molar-refractivity contribution in [3.8, 4) is 33.9 Å². The van der Waals surface area contributed by atoms with Crippen LogP contribution in [0.25, 0.3) is 33.0 Å². The number of fused-ring (bicyclic) bond motifs is 1. The van der Waals surface area contributed by atoms with E-state index in [4.69, 9.17) is 25.6 Å². The molecular weight excluding hydrogens is 519 g/mol. The van der Waals surface area contributed by atoms with Gasteiger partial charge in [-0.1, -0.05) is 35.0 Å². The third-order valence-corrected chi connectivity index (χ3v) is 7.86. The summed E-state index contributed by atoms with van der Waals surface area (Å²) in [5.74, 6) is 0.0829. The number of methoxy groups -OCH3 is 2. The van der Waals surface area contributed by atoms with E-state index in [2.05, 4.69) is 10.1 Å². The molecule has 0 atom stereocenters. The topological polar surface area (TPSA) is 91.5 Å². The van der Waals surface area contributed by atoms with Crippen molar-refractivity contribution in [1.29, 1.82) is 0 Å². The second kappa shape index (κ2) is 9.84. The monoisotopic (exact) mass is 538 g/mol. The molecule has 5 rings (SSSR count). The summed E-state index contributed by atoms with van der Waals surface area (Å²) < 4.78 is 55.8. The van der Waals surface area contributed by atoms with Crippen LogP contribution in [-0.2, 0) is 15.6 Å². The van der Waals surface area contributed by atoms with Crippen molar-refractivity contribution in [3.05, 3.63) is 89.7 Å². The second-order valence-electron chi connectivity index (χ2n) is 8.18. The predicted molar refractivity (Wildman–Crippen MR) is 138 cm³/mol. The lowest BCUT2D eigenvalue weighted by molar-refractivity contribution is 0.398. The molecule has 5 aromatic rings. The van der Waals surface area contributed by atoms with Crippen LogP contribution >= 0.6 is 11.6 Å². The van der Waals surface area contributed by atoms with Crippen LogP contribution in [0.1, 0.15) is 5.69 Å². The summed E-state index contributed by atoms with van der Waals surface area (Å²) in [4.78, 5) is 4.52. The predicted octanol–water partition coefficient (Wildman–Crippen LogP) is 6.34. The van der Waals surface area contributed by atoms with Crippen molar-refractivity contribution < 1.29 is 26.8 Å². The highest BCUT2D eigenvalue weighted by Gasteiger charge is 2.22. The van der Waals surface area contributed by atoms with Crippen LogP contribution in [0.3, 0.4) is 0 Å². The Morgan fingerprint density at radius 1 is 1.00 bits per heavy atom. The van der Waals surface area contributed by atoms with Gasteiger partial charge in [0.15, 0.2) is 9.84 Å². The average Bonchev–Trinajstić information content (AvgIpc) is 3.39. The van der Waals surface area contributed by atoms with Crippen molar-refractivity contribution in [2.75, 3.05) is 14.2 Å². The molecule has 0 amide bonds. The van der Waals surface area contributed by atoms with Crippen LogP contribution in [0.2, 0.25) is 5.02 Å². The Labute approximate surface area is 217 Å². The number of rotatable bonds is 7. The van der Waals surface area contributed by atoms with Crippen molar-refractivity contribution in [1.82, 2.24) is 10.1 Å². The average molecular weight is 539 g/mol. The van der Waals surface area contributed by atoms with Crippen molar-refractivity contribution >= 4 is 32.2 Å². The molecule has 10 heteroatoms. The molecule has 37 heavy (non-hydrogen) atoms. The van der Waals surface area contributed by atoms with Crippen LogP contribution in [0.5, 0.6) is 11.6 Å². The zero-order chi connectivity index (χ0) is 26.2. The molecule has 0 fully saturated rings. The standard InChI is InChI=1S/C27H20ClFN2O5S/c1-34-25-13-22(16-4-3-5-18(29)10-16)24(28)12-23(25)26-21-7-6-20(11-17(21)14-30-27(26)35-2)37(32,33)15-19-8-9-36-31-19/h3-14H,15H2,1-2H3. The maximum atomic E-state index is 13.9. The van der Waals surface area contributed by atoms with Gasteiger partial charge in [-0.15, -0.1) is 0 Å². The molecule has 2 aromatic heterocycles. The second-order valence-corrected chi connectivity index (χ2v) is 10.6. The van der Waals surface area contributed by atoms with Gasteiger partial charge in [0, 0.05) is 33.8 Å². The number of aromatic nitrogens is 2. The van der Waals surface area contributed by atoms with Crippen molar-refractivity contribution in [2.24, 2.45) is 0 Å². The number of nitrogens with zero attached hydrogens (tertiary/aromatic N) is 2. The number of pyridine rings is 1. The Balaban J connectivity index is 1.67. The number of ether oxygens (including phenoxy) is 2. The Morgan fingerprint density at radius 3 is 2.54 bits per heavy atom. The van der Waals surface area contributed by atoms with Gasteiger partial charge in [-0.2, -0.15) is 0 Å². The highest BCUT2D eigenvalue weighted by atomic mass is 35.5. The van der Waals surface area contributed by atoms with E-state index in [0.29, 0.717) is 55.4 Å². The number of hydrogen-bond donors (Lipinski definition) is 0. The molecule has 0 saturated heterocycles. The molecule has 7 nitrogen and oxygen atoms in total. The lowest BCUT2D eigenvalue weighted by Crippen LogP contribution is -2.05. The first-order chi connectivity index (χ1) is 17.8. The maximum Gasteiger partial charge on any atom is 0.221 e. The molecule has 0 radical (unpaired) electrons. The smallest absolute Gasteiger partial charge is 0.221 e. The fourth-order valence-electron chi connectivity index (χ4n) is 4.18. The largest absolute Gasteiger partial charge is 0.496 e. The fourth-order valence-corrected chi connectivity index (χ4v) is 5.74. The number of benzene rings is 3. The first kappa shape index (κ1) is 24.7. The van der Waals surface area contributed by atoms with E-state index in [-0.39, 0.29) is 16.5 Å². The van der Waals surface area contributed by atoms with E-state index in [1.165, 1.54) is 44.7 Å². The minimum Gasteiger partial charge on any atom is -0.496 e. The zero-order valence-electron chi connectivity index (χ0n) is 19.7. The Bertz CT molecular complexity index is 1720. The van der Waals surface area contributed by atoms with Crippen LogP contribution in [0, 0.1) is 5.82 Å². The Kier molecular flexibility index (Phi) is 6.57. The maximum absolute atomic E-state index is 13.9.